The molecule has 4 amide bonds. The first-order chi connectivity index (χ1) is 21.2. The Morgan fingerprint density at radius 1 is 1.11 bits per heavy atom. The molecule has 6 rings (SSSR count). The SMILES string of the molecule is C=CCN(C(=O)NCc1ccc(Cl)c(Cl)c1)N1CC(=O)N2[C@@H](c3ccccc3)C(=O)N(Cc3cccc4sc(N)nc34)C[C@@H]21. The second kappa shape index (κ2) is 12.4. The van der Waals surface area contributed by atoms with E-state index in [0.29, 0.717) is 20.7 Å². The van der Waals surface area contributed by atoms with Crippen LogP contribution in [0.1, 0.15) is 22.7 Å². The van der Waals surface area contributed by atoms with Crippen LogP contribution in [0, 0.1) is 0 Å². The van der Waals surface area contributed by atoms with Gasteiger partial charge in [0.2, 0.25) is 5.91 Å². The van der Waals surface area contributed by atoms with Crippen molar-refractivity contribution in [3.8, 4) is 0 Å². The molecule has 44 heavy (non-hydrogen) atoms. The number of nitrogen functional groups attached to an aromatic ring is 1. The molecular weight excluding hydrogens is 621 g/mol. The average molecular weight is 651 g/mol. The number of nitrogens with two attached hydrogens (primary N) is 1. The number of piperazine rings is 1. The van der Waals surface area contributed by atoms with Crippen molar-refractivity contribution in [3.05, 3.63) is 106 Å². The third-order valence-electron chi connectivity index (χ3n) is 7.73. The van der Waals surface area contributed by atoms with Gasteiger partial charge < -0.3 is 20.9 Å². The molecule has 0 bridgehead atoms. The van der Waals surface area contributed by atoms with Crippen LogP contribution in [0.15, 0.2) is 79.4 Å². The van der Waals surface area contributed by atoms with Crippen molar-refractivity contribution in [2.24, 2.45) is 0 Å². The molecule has 2 saturated heterocycles. The fourth-order valence-corrected chi connectivity index (χ4v) is 6.84. The summed E-state index contributed by atoms with van der Waals surface area (Å²) in [6.45, 7) is 4.53. The van der Waals surface area contributed by atoms with Gasteiger partial charge in [0.15, 0.2) is 5.13 Å². The Morgan fingerprint density at radius 2 is 1.91 bits per heavy atom. The predicted octanol–water partition coefficient (Wildman–Crippen LogP) is 5.05. The van der Waals surface area contributed by atoms with Crippen molar-refractivity contribution < 1.29 is 14.4 Å². The van der Waals surface area contributed by atoms with Crippen molar-refractivity contribution in [2.75, 3.05) is 25.4 Å². The lowest BCUT2D eigenvalue weighted by molar-refractivity contribution is -0.158. The Kier molecular flexibility index (Phi) is 8.46. The highest BCUT2D eigenvalue weighted by atomic mass is 35.5. The molecule has 0 unspecified atom stereocenters. The minimum Gasteiger partial charge on any atom is -0.375 e. The summed E-state index contributed by atoms with van der Waals surface area (Å²) in [5.74, 6) is -0.459. The monoisotopic (exact) mass is 649 g/mol. The number of fused-ring (bicyclic) bond motifs is 2. The van der Waals surface area contributed by atoms with Crippen molar-refractivity contribution in [3.63, 3.8) is 0 Å². The molecule has 3 heterocycles. The number of benzene rings is 3. The van der Waals surface area contributed by atoms with Crippen LogP contribution in [-0.2, 0) is 22.7 Å². The summed E-state index contributed by atoms with van der Waals surface area (Å²) in [6.07, 6.45) is 0.986. The minimum atomic E-state index is -0.864. The smallest absolute Gasteiger partial charge is 0.332 e. The molecule has 2 fully saturated rings. The number of carbonyl (C=O) groups is 3. The first-order valence-corrected chi connectivity index (χ1v) is 15.5. The number of para-hydroxylation sites is 1. The Morgan fingerprint density at radius 3 is 2.66 bits per heavy atom. The van der Waals surface area contributed by atoms with Crippen molar-refractivity contribution in [1.29, 1.82) is 0 Å². The van der Waals surface area contributed by atoms with Crippen LogP contribution >= 0.6 is 34.5 Å². The standard InChI is InChI=1S/C31H29Cl2N7O3S/c1-2-13-38(31(43)35-15-19-11-12-22(32)23(33)14-19)39-18-26(41)40-25(39)17-37(29(42)28(40)20-7-4-3-5-8-20)16-21-9-6-10-24-27(21)36-30(34)44-24/h2-12,14,25,28H,1,13,15-18H2,(H2,34,36)(H,35,43)/t25-,28+/m1/s1. The van der Waals surface area contributed by atoms with Crippen molar-refractivity contribution in [2.45, 2.75) is 25.3 Å². The molecule has 3 aromatic carbocycles. The number of hydrazine groups is 1. The quantitative estimate of drug-likeness (QED) is 0.258. The first-order valence-electron chi connectivity index (χ1n) is 13.9. The van der Waals surface area contributed by atoms with E-state index in [1.54, 1.807) is 39.1 Å². The van der Waals surface area contributed by atoms with Crippen LogP contribution in [0.5, 0.6) is 0 Å². The highest BCUT2D eigenvalue weighted by Crippen LogP contribution is 2.37. The van der Waals surface area contributed by atoms with Crippen LogP contribution in [0.3, 0.4) is 0 Å². The Hall–Kier alpha value is -4.16. The fourth-order valence-electron chi connectivity index (χ4n) is 5.74. The Labute approximate surface area is 268 Å². The summed E-state index contributed by atoms with van der Waals surface area (Å²) in [5.41, 5.74) is 9.05. The topological polar surface area (TPSA) is 115 Å². The van der Waals surface area contributed by atoms with Crippen LogP contribution in [0.25, 0.3) is 10.2 Å². The van der Waals surface area contributed by atoms with Gasteiger partial charge in [0.1, 0.15) is 12.2 Å². The molecular formula is C31H29Cl2N7O3S. The number of urea groups is 1. The van der Waals surface area contributed by atoms with Gasteiger partial charge in [-0.3, -0.25) is 14.6 Å². The van der Waals surface area contributed by atoms with Gasteiger partial charge in [-0.05, 0) is 34.9 Å². The minimum absolute atomic E-state index is 0.0820. The number of nitrogens with one attached hydrogen (secondary N) is 1. The van der Waals surface area contributed by atoms with E-state index in [-0.39, 0.29) is 44.5 Å². The molecule has 10 nitrogen and oxygen atoms in total. The summed E-state index contributed by atoms with van der Waals surface area (Å²) >= 11 is 13.6. The Bertz CT molecular complexity index is 1750. The normalized spacial score (nSPS) is 18.5. The van der Waals surface area contributed by atoms with Crippen molar-refractivity contribution >= 4 is 67.7 Å². The van der Waals surface area contributed by atoms with E-state index in [2.05, 4.69) is 16.9 Å². The number of hydrogen-bond donors (Lipinski definition) is 2. The molecule has 13 heteroatoms. The zero-order valence-electron chi connectivity index (χ0n) is 23.5. The van der Waals surface area contributed by atoms with E-state index >= 15 is 0 Å². The third kappa shape index (κ3) is 5.71. The lowest BCUT2D eigenvalue weighted by Gasteiger charge is -2.46. The van der Waals surface area contributed by atoms with Gasteiger partial charge in [0.05, 0.1) is 39.9 Å². The number of halogens is 2. The molecule has 2 aliphatic rings. The van der Waals surface area contributed by atoms with Gasteiger partial charge in [0, 0.05) is 13.1 Å². The second-order valence-corrected chi connectivity index (χ2v) is 12.4. The van der Waals surface area contributed by atoms with E-state index in [1.807, 2.05) is 48.5 Å². The second-order valence-electron chi connectivity index (χ2n) is 10.5. The number of rotatable bonds is 8. The predicted molar refractivity (Wildman–Crippen MR) is 172 cm³/mol. The molecule has 1 aromatic heterocycles. The first kappa shape index (κ1) is 29.9. The summed E-state index contributed by atoms with van der Waals surface area (Å²) in [5, 5.41) is 7.34. The van der Waals surface area contributed by atoms with Gasteiger partial charge in [-0.15, -0.1) is 6.58 Å². The summed E-state index contributed by atoms with van der Waals surface area (Å²) in [6, 6.07) is 18.9. The zero-order valence-corrected chi connectivity index (χ0v) is 25.9. The lowest BCUT2D eigenvalue weighted by Crippen LogP contribution is -2.62. The highest BCUT2D eigenvalue weighted by molar-refractivity contribution is 7.22. The van der Waals surface area contributed by atoms with E-state index in [0.717, 1.165) is 21.3 Å². The number of nitrogens with zero attached hydrogens (tertiary/aromatic N) is 5. The van der Waals surface area contributed by atoms with Crippen LogP contribution in [-0.4, -0.2) is 68.4 Å². The fraction of sp³-hybridized carbons (Fsp3) is 0.226. The molecule has 226 valence electrons. The summed E-state index contributed by atoms with van der Waals surface area (Å²) < 4.78 is 0.930. The average Bonchev–Trinajstić information content (AvgIpc) is 3.56. The summed E-state index contributed by atoms with van der Waals surface area (Å²) in [7, 11) is 0. The van der Waals surface area contributed by atoms with E-state index in [9.17, 15) is 14.4 Å². The number of amides is 4. The number of hydrogen-bond acceptors (Lipinski definition) is 7. The number of aromatic nitrogens is 1. The molecule has 0 radical (unpaired) electrons. The number of thiazole rings is 1. The van der Waals surface area contributed by atoms with Gasteiger partial charge >= 0.3 is 6.03 Å². The molecule has 3 N–H and O–H groups in total. The van der Waals surface area contributed by atoms with E-state index < -0.39 is 18.2 Å². The van der Waals surface area contributed by atoms with Gasteiger partial charge in [-0.2, -0.15) is 5.01 Å². The van der Waals surface area contributed by atoms with E-state index in [4.69, 9.17) is 28.9 Å². The number of carbonyl (C=O) groups excluding carboxylic acids is 3. The lowest BCUT2D eigenvalue weighted by atomic mass is 10.00. The van der Waals surface area contributed by atoms with Crippen LogP contribution < -0.4 is 11.1 Å². The van der Waals surface area contributed by atoms with Crippen LogP contribution in [0.4, 0.5) is 9.93 Å². The molecule has 0 saturated carbocycles. The third-order valence-corrected chi connectivity index (χ3v) is 9.32. The van der Waals surface area contributed by atoms with Gasteiger partial charge in [0.25, 0.3) is 5.91 Å². The maximum Gasteiger partial charge on any atom is 0.332 e. The molecule has 2 aliphatic heterocycles. The van der Waals surface area contributed by atoms with Crippen LogP contribution in [0.2, 0.25) is 10.0 Å². The van der Waals surface area contributed by atoms with Crippen molar-refractivity contribution in [1.82, 2.24) is 30.1 Å². The maximum atomic E-state index is 14.1. The van der Waals surface area contributed by atoms with E-state index in [1.165, 1.54) is 16.3 Å². The van der Waals surface area contributed by atoms with Gasteiger partial charge in [-0.1, -0.05) is 89.1 Å². The molecule has 4 aromatic rings. The number of anilines is 1. The zero-order chi connectivity index (χ0) is 31.0. The largest absolute Gasteiger partial charge is 0.375 e. The maximum absolute atomic E-state index is 14.1. The Balaban J connectivity index is 1.32. The summed E-state index contributed by atoms with van der Waals surface area (Å²) in [4.78, 5) is 49.2. The molecule has 0 spiro atoms. The molecule has 0 aliphatic carbocycles. The molecule has 2 atom stereocenters. The highest BCUT2D eigenvalue weighted by Gasteiger charge is 2.52. The van der Waals surface area contributed by atoms with Gasteiger partial charge in [-0.25, -0.2) is 9.78 Å².